The lowest BCUT2D eigenvalue weighted by molar-refractivity contribution is -0.137. The zero-order chi connectivity index (χ0) is 18.6. The van der Waals surface area contributed by atoms with Gasteiger partial charge in [0.05, 0.1) is 12.7 Å². The molecule has 26 heavy (non-hydrogen) atoms. The lowest BCUT2D eigenvalue weighted by atomic mass is 10.0. The van der Waals surface area contributed by atoms with Crippen LogP contribution in [0.2, 0.25) is 0 Å². The zero-order valence-electron chi connectivity index (χ0n) is 14.6. The quantitative estimate of drug-likeness (QED) is 0.873. The summed E-state index contributed by atoms with van der Waals surface area (Å²) in [7, 11) is 1.65. The van der Waals surface area contributed by atoms with Crippen molar-refractivity contribution in [2.45, 2.75) is 31.6 Å². The Morgan fingerprint density at radius 1 is 1.19 bits per heavy atom. The van der Waals surface area contributed by atoms with Crippen molar-refractivity contribution < 1.29 is 17.9 Å². The summed E-state index contributed by atoms with van der Waals surface area (Å²) in [5.74, 6) is 1.44. The molecule has 0 aliphatic carbocycles. The summed E-state index contributed by atoms with van der Waals surface area (Å²) in [5.41, 5.74) is 0.451. The third kappa shape index (κ3) is 4.66. The second kappa shape index (κ2) is 7.95. The normalized spacial score (nSPS) is 15.9. The molecule has 0 spiro atoms. The first-order valence-corrected chi connectivity index (χ1v) is 8.60. The number of halogens is 3. The van der Waals surface area contributed by atoms with Crippen molar-refractivity contribution in [1.82, 2.24) is 10.3 Å². The summed E-state index contributed by atoms with van der Waals surface area (Å²) >= 11 is 0. The molecule has 1 aromatic carbocycles. The number of anilines is 1. The van der Waals surface area contributed by atoms with E-state index in [4.69, 9.17) is 4.74 Å². The van der Waals surface area contributed by atoms with Gasteiger partial charge < -0.3 is 15.0 Å². The number of piperidine rings is 1. The van der Waals surface area contributed by atoms with E-state index in [2.05, 4.69) is 16.4 Å². The Balaban J connectivity index is 1.49. The molecule has 0 atom stereocenters. The van der Waals surface area contributed by atoms with Crippen LogP contribution in [-0.4, -0.2) is 31.2 Å². The topological polar surface area (TPSA) is 37.4 Å². The van der Waals surface area contributed by atoms with Crippen LogP contribution in [0.1, 0.15) is 24.0 Å². The van der Waals surface area contributed by atoms with Gasteiger partial charge in [-0.15, -0.1) is 0 Å². The van der Waals surface area contributed by atoms with Crippen LogP contribution in [0.15, 0.2) is 42.6 Å². The smallest absolute Gasteiger partial charge is 0.417 e. The molecule has 2 aromatic rings. The summed E-state index contributed by atoms with van der Waals surface area (Å²) in [6.45, 7) is 2.31. The maximum Gasteiger partial charge on any atom is 0.417 e. The lowest BCUT2D eigenvalue weighted by Crippen LogP contribution is -2.42. The number of rotatable bonds is 5. The van der Waals surface area contributed by atoms with Crippen molar-refractivity contribution in [2.24, 2.45) is 0 Å². The monoisotopic (exact) mass is 365 g/mol. The largest absolute Gasteiger partial charge is 0.497 e. The molecule has 1 aliphatic heterocycles. The van der Waals surface area contributed by atoms with Gasteiger partial charge in [-0.2, -0.15) is 13.2 Å². The van der Waals surface area contributed by atoms with Crippen LogP contribution in [0.4, 0.5) is 19.0 Å². The third-order valence-corrected chi connectivity index (χ3v) is 4.62. The molecular formula is C19H22F3N3O. The van der Waals surface area contributed by atoms with Gasteiger partial charge in [0.25, 0.3) is 0 Å². The number of nitrogens with zero attached hydrogens (tertiary/aromatic N) is 2. The highest BCUT2D eigenvalue weighted by Gasteiger charge is 2.31. The Bertz CT molecular complexity index is 711. The zero-order valence-corrected chi connectivity index (χ0v) is 14.6. The van der Waals surface area contributed by atoms with Gasteiger partial charge in [0, 0.05) is 31.9 Å². The SMILES string of the molecule is COc1cccc(CNC2CCN(c3ccc(C(F)(F)F)cn3)CC2)c1. The van der Waals surface area contributed by atoms with E-state index in [1.807, 2.05) is 23.1 Å². The van der Waals surface area contributed by atoms with Crippen LogP contribution >= 0.6 is 0 Å². The van der Waals surface area contributed by atoms with E-state index in [1.54, 1.807) is 7.11 Å². The van der Waals surface area contributed by atoms with Crippen LogP contribution in [0, 0.1) is 0 Å². The number of methoxy groups -OCH3 is 1. The molecule has 0 unspecified atom stereocenters. The Labute approximate surface area is 151 Å². The number of hydrogen-bond donors (Lipinski definition) is 1. The van der Waals surface area contributed by atoms with E-state index in [1.165, 1.54) is 6.07 Å². The van der Waals surface area contributed by atoms with E-state index in [-0.39, 0.29) is 0 Å². The molecule has 0 radical (unpaired) electrons. The summed E-state index contributed by atoms with van der Waals surface area (Å²) in [6, 6.07) is 10.9. The van der Waals surface area contributed by atoms with Gasteiger partial charge in [0.15, 0.2) is 0 Å². The first kappa shape index (κ1) is 18.5. The van der Waals surface area contributed by atoms with Gasteiger partial charge >= 0.3 is 6.18 Å². The first-order chi connectivity index (χ1) is 12.5. The van der Waals surface area contributed by atoms with Crippen molar-refractivity contribution in [3.63, 3.8) is 0 Å². The highest BCUT2D eigenvalue weighted by atomic mass is 19.4. The molecule has 3 rings (SSSR count). The van der Waals surface area contributed by atoms with Crippen LogP contribution in [0.25, 0.3) is 0 Å². The lowest BCUT2D eigenvalue weighted by Gasteiger charge is -2.33. The predicted molar refractivity (Wildman–Crippen MR) is 94.3 cm³/mol. The molecule has 4 nitrogen and oxygen atoms in total. The molecule has 1 fully saturated rings. The molecule has 1 aliphatic rings. The van der Waals surface area contributed by atoms with E-state index in [0.717, 1.165) is 56.1 Å². The number of alkyl halides is 3. The fourth-order valence-corrected chi connectivity index (χ4v) is 3.10. The number of hydrogen-bond acceptors (Lipinski definition) is 4. The standard InChI is InChI=1S/C19H22F3N3O/c1-26-17-4-2-3-14(11-17)12-23-16-7-9-25(10-8-16)18-6-5-15(13-24-18)19(20,21)22/h2-6,11,13,16,23H,7-10,12H2,1H3. The maximum absolute atomic E-state index is 12.6. The van der Waals surface area contributed by atoms with Crippen LogP contribution in [-0.2, 0) is 12.7 Å². The number of benzene rings is 1. The fourth-order valence-electron chi connectivity index (χ4n) is 3.10. The molecule has 1 aromatic heterocycles. The second-order valence-corrected chi connectivity index (χ2v) is 6.40. The fraction of sp³-hybridized carbons (Fsp3) is 0.421. The summed E-state index contributed by atoms with van der Waals surface area (Å²) in [4.78, 5) is 6.01. The van der Waals surface area contributed by atoms with Crippen LogP contribution < -0.4 is 15.0 Å². The van der Waals surface area contributed by atoms with Gasteiger partial charge in [0.2, 0.25) is 0 Å². The summed E-state index contributed by atoms with van der Waals surface area (Å²) in [5, 5.41) is 3.54. The van der Waals surface area contributed by atoms with E-state index in [9.17, 15) is 13.2 Å². The van der Waals surface area contributed by atoms with Crippen molar-refractivity contribution in [3.05, 3.63) is 53.7 Å². The highest BCUT2D eigenvalue weighted by molar-refractivity contribution is 5.40. The molecular weight excluding hydrogens is 343 g/mol. The van der Waals surface area contributed by atoms with Crippen molar-refractivity contribution >= 4 is 5.82 Å². The Morgan fingerprint density at radius 2 is 1.96 bits per heavy atom. The van der Waals surface area contributed by atoms with Crippen molar-refractivity contribution in [3.8, 4) is 5.75 Å². The number of aromatic nitrogens is 1. The molecule has 140 valence electrons. The molecule has 0 bridgehead atoms. The Hall–Kier alpha value is -2.28. The molecule has 1 saturated heterocycles. The number of pyridine rings is 1. The van der Waals surface area contributed by atoms with Crippen molar-refractivity contribution in [1.29, 1.82) is 0 Å². The molecule has 0 amide bonds. The Morgan fingerprint density at radius 3 is 2.58 bits per heavy atom. The van der Waals surface area contributed by atoms with Gasteiger partial charge in [-0.25, -0.2) is 4.98 Å². The van der Waals surface area contributed by atoms with E-state index >= 15 is 0 Å². The van der Waals surface area contributed by atoms with Crippen LogP contribution in [0.5, 0.6) is 5.75 Å². The maximum atomic E-state index is 12.6. The van der Waals surface area contributed by atoms with Crippen molar-refractivity contribution in [2.75, 3.05) is 25.1 Å². The molecule has 2 heterocycles. The van der Waals surface area contributed by atoms with Gasteiger partial charge in [0.1, 0.15) is 11.6 Å². The minimum absolute atomic E-state index is 0.381. The highest BCUT2D eigenvalue weighted by Crippen LogP contribution is 2.29. The summed E-state index contributed by atoms with van der Waals surface area (Å²) < 4.78 is 43.1. The average molecular weight is 365 g/mol. The number of nitrogens with one attached hydrogen (secondary N) is 1. The third-order valence-electron chi connectivity index (χ3n) is 4.62. The Kier molecular flexibility index (Phi) is 5.66. The number of ether oxygens (including phenoxy) is 1. The second-order valence-electron chi connectivity index (χ2n) is 6.40. The molecule has 7 heteroatoms. The van der Waals surface area contributed by atoms with Gasteiger partial charge in [-0.3, -0.25) is 0 Å². The van der Waals surface area contributed by atoms with E-state index in [0.29, 0.717) is 11.9 Å². The first-order valence-electron chi connectivity index (χ1n) is 8.60. The molecule has 1 N–H and O–H groups in total. The van der Waals surface area contributed by atoms with Gasteiger partial charge in [-0.05, 0) is 42.7 Å². The average Bonchev–Trinajstić information content (AvgIpc) is 2.66. The van der Waals surface area contributed by atoms with Crippen LogP contribution in [0.3, 0.4) is 0 Å². The summed E-state index contributed by atoms with van der Waals surface area (Å²) in [6.07, 6.45) is -1.59. The minimum atomic E-state index is -4.34. The molecule has 0 saturated carbocycles. The van der Waals surface area contributed by atoms with Gasteiger partial charge in [-0.1, -0.05) is 12.1 Å². The minimum Gasteiger partial charge on any atom is -0.497 e. The predicted octanol–water partition coefficient (Wildman–Crippen LogP) is 3.87. The van der Waals surface area contributed by atoms with E-state index < -0.39 is 11.7 Å².